The first-order valence-corrected chi connectivity index (χ1v) is 10.8. The normalized spacial score (nSPS) is 13.5. The Morgan fingerprint density at radius 1 is 1.06 bits per heavy atom. The van der Waals surface area contributed by atoms with E-state index in [1.807, 2.05) is 38.1 Å². The molecule has 0 atom stereocenters. The van der Waals surface area contributed by atoms with Crippen molar-refractivity contribution in [3.8, 4) is 17.2 Å². The molecule has 1 aromatic heterocycles. The molecule has 0 N–H and O–H groups in total. The smallest absolute Gasteiger partial charge is 0.254 e. The summed E-state index contributed by atoms with van der Waals surface area (Å²) in [5.41, 5.74) is 1.56. The van der Waals surface area contributed by atoms with Gasteiger partial charge in [0.1, 0.15) is 5.75 Å². The number of carbonyl (C=O) groups excluding carboxylic acids is 1. The number of aromatic nitrogens is 2. The van der Waals surface area contributed by atoms with E-state index in [1.54, 1.807) is 30.2 Å². The molecule has 1 saturated heterocycles. The van der Waals surface area contributed by atoms with Crippen LogP contribution in [0.1, 0.15) is 47.4 Å². The van der Waals surface area contributed by atoms with Crippen LogP contribution in [-0.2, 0) is 6.42 Å². The summed E-state index contributed by atoms with van der Waals surface area (Å²) >= 11 is 0. The average molecular weight is 437 g/mol. The molecular formula is C24H27N3O5. The number of hydrogen-bond acceptors (Lipinski definition) is 7. The number of hydrogen-bond donors (Lipinski definition) is 0. The number of carbonyl (C=O) groups is 1. The SMILES string of the molecule is CCOc1ccc(C(=O)N2CC(c3nc(Cc4ccccc4OC)no3)C2)cc1OCC. The molecule has 0 bridgehead atoms. The van der Waals surface area contributed by atoms with Crippen molar-refractivity contribution < 1.29 is 23.5 Å². The Morgan fingerprint density at radius 2 is 1.81 bits per heavy atom. The highest BCUT2D eigenvalue weighted by molar-refractivity contribution is 5.95. The van der Waals surface area contributed by atoms with Crippen molar-refractivity contribution in [2.24, 2.45) is 0 Å². The first-order valence-electron chi connectivity index (χ1n) is 10.8. The molecule has 1 fully saturated rings. The van der Waals surface area contributed by atoms with Crippen LogP contribution in [0.2, 0.25) is 0 Å². The minimum atomic E-state index is -0.0565. The molecule has 0 spiro atoms. The summed E-state index contributed by atoms with van der Waals surface area (Å²) in [7, 11) is 1.64. The van der Waals surface area contributed by atoms with Gasteiger partial charge in [0.05, 0.1) is 26.2 Å². The van der Waals surface area contributed by atoms with Gasteiger partial charge in [0.2, 0.25) is 5.89 Å². The maximum absolute atomic E-state index is 12.9. The van der Waals surface area contributed by atoms with E-state index >= 15 is 0 Å². The monoisotopic (exact) mass is 437 g/mol. The van der Waals surface area contributed by atoms with Crippen molar-refractivity contribution in [3.05, 3.63) is 65.3 Å². The molecule has 0 unspecified atom stereocenters. The Labute approximate surface area is 187 Å². The highest BCUT2D eigenvalue weighted by Crippen LogP contribution is 2.32. The number of nitrogens with zero attached hydrogens (tertiary/aromatic N) is 3. The molecule has 4 rings (SSSR count). The Kier molecular flexibility index (Phi) is 6.58. The molecule has 1 aliphatic rings. The highest BCUT2D eigenvalue weighted by atomic mass is 16.5. The Balaban J connectivity index is 1.38. The van der Waals surface area contributed by atoms with Gasteiger partial charge in [-0.3, -0.25) is 4.79 Å². The lowest BCUT2D eigenvalue weighted by Gasteiger charge is -2.37. The molecule has 0 aliphatic carbocycles. The highest BCUT2D eigenvalue weighted by Gasteiger charge is 2.36. The quantitative estimate of drug-likeness (QED) is 0.504. The number of benzene rings is 2. The maximum Gasteiger partial charge on any atom is 0.254 e. The van der Waals surface area contributed by atoms with Crippen LogP contribution in [0, 0.1) is 0 Å². The van der Waals surface area contributed by atoms with Crippen LogP contribution in [0.5, 0.6) is 17.2 Å². The van der Waals surface area contributed by atoms with Crippen LogP contribution < -0.4 is 14.2 Å². The molecule has 0 radical (unpaired) electrons. The zero-order valence-corrected chi connectivity index (χ0v) is 18.5. The average Bonchev–Trinajstić information content (AvgIpc) is 3.22. The summed E-state index contributed by atoms with van der Waals surface area (Å²) in [5.74, 6) is 3.14. The summed E-state index contributed by atoms with van der Waals surface area (Å²) in [5, 5.41) is 4.10. The van der Waals surface area contributed by atoms with Crippen LogP contribution in [0.3, 0.4) is 0 Å². The number of amides is 1. The molecule has 1 amide bonds. The van der Waals surface area contributed by atoms with Gasteiger partial charge in [0.15, 0.2) is 17.3 Å². The lowest BCUT2D eigenvalue weighted by Crippen LogP contribution is -2.48. The largest absolute Gasteiger partial charge is 0.496 e. The Morgan fingerprint density at radius 3 is 2.56 bits per heavy atom. The third-order valence-electron chi connectivity index (χ3n) is 5.33. The lowest BCUT2D eigenvalue weighted by atomic mass is 9.98. The minimum absolute atomic E-state index is 0.0342. The number of ether oxygens (including phenoxy) is 3. The standard InChI is InChI=1S/C24H27N3O5/c1-4-30-20-11-10-17(12-21(20)31-5-2)24(28)27-14-18(15-27)23-25-22(26-32-23)13-16-8-6-7-9-19(16)29-3/h6-12,18H,4-5,13-15H2,1-3H3. The van der Waals surface area contributed by atoms with Crippen molar-refractivity contribution >= 4 is 5.91 Å². The third kappa shape index (κ3) is 4.54. The molecule has 1 aliphatic heterocycles. The van der Waals surface area contributed by atoms with Gasteiger partial charge >= 0.3 is 0 Å². The van der Waals surface area contributed by atoms with Crippen LogP contribution in [0.4, 0.5) is 0 Å². The van der Waals surface area contributed by atoms with Crippen molar-refractivity contribution in [1.29, 1.82) is 0 Å². The van der Waals surface area contributed by atoms with E-state index in [4.69, 9.17) is 18.7 Å². The van der Waals surface area contributed by atoms with Crippen molar-refractivity contribution in [3.63, 3.8) is 0 Å². The molecule has 2 aromatic carbocycles. The maximum atomic E-state index is 12.9. The van der Waals surface area contributed by atoms with Gasteiger partial charge < -0.3 is 23.6 Å². The molecule has 0 saturated carbocycles. The van der Waals surface area contributed by atoms with E-state index in [-0.39, 0.29) is 11.8 Å². The Bertz CT molecular complexity index is 1080. The van der Waals surface area contributed by atoms with Gasteiger partial charge in [-0.25, -0.2) is 0 Å². The van der Waals surface area contributed by atoms with E-state index in [9.17, 15) is 4.79 Å². The second kappa shape index (κ2) is 9.72. The number of likely N-dealkylation sites (tertiary alicyclic amines) is 1. The second-order valence-electron chi connectivity index (χ2n) is 7.47. The molecule has 168 valence electrons. The molecule has 32 heavy (non-hydrogen) atoms. The predicted molar refractivity (Wildman–Crippen MR) is 118 cm³/mol. The molecule has 8 heteroatoms. The van der Waals surface area contributed by atoms with Crippen LogP contribution >= 0.6 is 0 Å². The Hall–Kier alpha value is -3.55. The fourth-order valence-electron chi connectivity index (χ4n) is 3.69. The molecule has 8 nitrogen and oxygen atoms in total. The van der Waals surface area contributed by atoms with Crippen LogP contribution in [-0.4, -0.2) is 54.4 Å². The molecule has 2 heterocycles. The van der Waals surface area contributed by atoms with E-state index in [2.05, 4.69) is 10.1 Å². The zero-order valence-electron chi connectivity index (χ0n) is 18.5. The van der Waals surface area contributed by atoms with Crippen molar-refractivity contribution in [2.75, 3.05) is 33.4 Å². The van der Waals surface area contributed by atoms with Gasteiger partial charge in [-0.05, 0) is 38.1 Å². The van der Waals surface area contributed by atoms with Gasteiger partial charge in [-0.2, -0.15) is 4.98 Å². The number of para-hydroxylation sites is 1. The topological polar surface area (TPSA) is 86.9 Å². The van der Waals surface area contributed by atoms with Crippen LogP contribution in [0.25, 0.3) is 0 Å². The fraction of sp³-hybridized carbons (Fsp3) is 0.375. The van der Waals surface area contributed by atoms with Gasteiger partial charge in [0.25, 0.3) is 5.91 Å². The van der Waals surface area contributed by atoms with Crippen molar-refractivity contribution in [1.82, 2.24) is 15.0 Å². The summed E-state index contributed by atoms with van der Waals surface area (Å²) in [6.45, 7) is 5.91. The molecule has 3 aromatic rings. The zero-order chi connectivity index (χ0) is 22.5. The van der Waals surface area contributed by atoms with Gasteiger partial charge in [-0.1, -0.05) is 23.4 Å². The van der Waals surface area contributed by atoms with E-state index in [0.29, 0.717) is 61.5 Å². The van der Waals surface area contributed by atoms with Crippen LogP contribution in [0.15, 0.2) is 47.0 Å². The fourth-order valence-corrected chi connectivity index (χ4v) is 3.69. The second-order valence-corrected chi connectivity index (χ2v) is 7.47. The minimum Gasteiger partial charge on any atom is -0.496 e. The number of methoxy groups -OCH3 is 1. The van der Waals surface area contributed by atoms with Gasteiger partial charge in [-0.15, -0.1) is 0 Å². The van der Waals surface area contributed by atoms with Gasteiger partial charge in [0, 0.05) is 30.6 Å². The first kappa shape index (κ1) is 21.7. The predicted octanol–water partition coefficient (Wildman–Crippen LogP) is 3.71. The van der Waals surface area contributed by atoms with E-state index < -0.39 is 0 Å². The third-order valence-corrected chi connectivity index (χ3v) is 5.33. The first-order chi connectivity index (χ1) is 15.6. The summed E-state index contributed by atoms with van der Waals surface area (Å²) < 4.78 is 22.1. The summed E-state index contributed by atoms with van der Waals surface area (Å²) in [6.07, 6.45) is 0.523. The van der Waals surface area contributed by atoms with E-state index in [0.717, 1.165) is 11.3 Å². The summed E-state index contributed by atoms with van der Waals surface area (Å²) in [4.78, 5) is 19.2. The van der Waals surface area contributed by atoms with Crippen molar-refractivity contribution in [2.45, 2.75) is 26.2 Å². The number of rotatable bonds is 9. The molecular weight excluding hydrogens is 410 g/mol. The van der Waals surface area contributed by atoms with E-state index in [1.165, 1.54) is 0 Å². The summed E-state index contributed by atoms with van der Waals surface area (Å²) in [6, 6.07) is 13.0. The lowest BCUT2D eigenvalue weighted by molar-refractivity contribution is 0.0568.